The fraction of sp³-hybridized carbons (Fsp3) is 0.400. The zero-order valence-electron chi connectivity index (χ0n) is 6.96. The van der Waals surface area contributed by atoms with Crippen LogP contribution >= 0.6 is 24.0 Å². The first-order chi connectivity index (χ1) is 4.31. The van der Waals surface area contributed by atoms with E-state index < -0.39 is 0 Å². The third kappa shape index (κ3) is 9.58. The Kier molecular flexibility index (Phi) is 14.9. The molecule has 0 saturated heterocycles. The van der Waals surface area contributed by atoms with Gasteiger partial charge in [0.25, 0.3) is 0 Å². The number of thiocarbonyl (C=S) groups is 1. The Morgan fingerprint density at radius 1 is 1.90 bits per heavy atom. The molecule has 2 N–H and O–H groups in total. The summed E-state index contributed by atoms with van der Waals surface area (Å²) in [5.41, 5.74) is 0. The van der Waals surface area contributed by atoms with Gasteiger partial charge in [0.1, 0.15) is 4.32 Å². The first-order valence-electron chi connectivity index (χ1n) is 2.46. The van der Waals surface area contributed by atoms with Gasteiger partial charge in [-0.1, -0.05) is 30.6 Å². The maximum Gasteiger partial charge on any atom is 1.00 e. The Bertz CT molecular complexity index is 115. The van der Waals surface area contributed by atoms with Gasteiger partial charge >= 0.3 is 51.4 Å². The van der Waals surface area contributed by atoms with Crippen LogP contribution in [0.5, 0.6) is 0 Å². The molecule has 2 nitrogen and oxygen atoms in total. The van der Waals surface area contributed by atoms with E-state index in [1.165, 1.54) is 18.0 Å². The van der Waals surface area contributed by atoms with E-state index in [2.05, 4.69) is 11.9 Å². The molecule has 0 amide bonds. The van der Waals surface area contributed by atoms with E-state index in [9.17, 15) is 0 Å². The van der Waals surface area contributed by atoms with E-state index in [0.717, 1.165) is 0 Å². The number of nitrogens with one attached hydrogen (secondary N) is 1. The van der Waals surface area contributed by atoms with Crippen LogP contribution in [0.3, 0.4) is 0 Å². The summed E-state index contributed by atoms with van der Waals surface area (Å²) in [7, 11) is 0. The summed E-state index contributed by atoms with van der Waals surface area (Å²) >= 11 is 6.19. The number of aliphatic hydroxyl groups is 1. The van der Waals surface area contributed by atoms with Crippen molar-refractivity contribution in [1.82, 2.24) is 5.32 Å². The Labute approximate surface area is 115 Å². The van der Waals surface area contributed by atoms with Crippen molar-refractivity contribution in [3.8, 4) is 0 Å². The molecule has 0 saturated carbocycles. The molecule has 0 aromatic carbocycles. The number of thioether (sulfide) groups is 1. The van der Waals surface area contributed by atoms with Crippen LogP contribution in [0.4, 0.5) is 0 Å². The molecule has 0 atom stereocenters. The zero-order chi connectivity index (χ0) is 7.11. The van der Waals surface area contributed by atoms with Gasteiger partial charge in [-0.05, 0) is 6.20 Å². The van der Waals surface area contributed by atoms with E-state index in [1.54, 1.807) is 0 Å². The molecular formula is C5H10KNOS2. The smallest absolute Gasteiger partial charge is 1.00 e. The van der Waals surface area contributed by atoms with E-state index in [1.807, 2.05) is 0 Å². The van der Waals surface area contributed by atoms with Crippen molar-refractivity contribution in [2.75, 3.05) is 12.4 Å². The SMILES string of the molecule is C=CNC(=S)SCCO.[H-].[K+]. The minimum absolute atomic E-state index is 0. The van der Waals surface area contributed by atoms with Gasteiger partial charge in [0, 0.05) is 5.75 Å². The summed E-state index contributed by atoms with van der Waals surface area (Å²) in [6.07, 6.45) is 1.52. The van der Waals surface area contributed by atoms with Gasteiger partial charge in [0.2, 0.25) is 0 Å². The Morgan fingerprint density at radius 3 is 2.90 bits per heavy atom. The molecule has 54 valence electrons. The Morgan fingerprint density at radius 2 is 2.50 bits per heavy atom. The zero-order valence-corrected chi connectivity index (χ0v) is 10.7. The maximum atomic E-state index is 8.35. The minimum atomic E-state index is 0. The van der Waals surface area contributed by atoms with Crippen molar-refractivity contribution in [3.63, 3.8) is 0 Å². The summed E-state index contributed by atoms with van der Waals surface area (Å²) < 4.78 is 0.652. The van der Waals surface area contributed by atoms with Crippen molar-refractivity contribution in [2.24, 2.45) is 0 Å². The van der Waals surface area contributed by atoms with E-state index in [4.69, 9.17) is 17.3 Å². The average molecular weight is 203 g/mol. The normalized spacial score (nSPS) is 7.70. The topological polar surface area (TPSA) is 32.3 Å². The number of rotatable bonds is 3. The average Bonchev–Trinajstić information content (AvgIpc) is 1.85. The summed E-state index contributed by atoms with van der Waals surface area (Å²) in [6, 6.07) is 0. The Balaban J connectivity index is -0.000000320. The molecular weight excluding hydrogens is 193 g/mol. The summed E-state index contributed by atoms with van der Waals surface area (Å²) in [5, 5.41) is 11.1. The summed E-state index contributed by atoms with van der Waals surface area (Å²) in [5.74, 6) is 0.639. The summed E-state index contributed by atoms with van der Waals surface area (Å²) in [6.45, 7) is 3.59. The van der Waals surface area contributed by atoms with Crippen LogP contribution in [-0.4, -0.2) is 21.8 Å². The van der Waals surface area contributed by atoms with Crippen LogP contribution < -0.4 is 56.7 Å². The second-order valence-electron chi connectivity index (χ2n) is 1.21. The number of aliphatic hydroxyl groups excluding tert-OH is 1. The molecule has 0 aromatic heterocycles. The predicted molar refractivity (Wildman–Crippen MR) is 46.6 cm³/mol. The molecule has 0 aromatic rings. The second-order valence-corrected chi connectivity index (χ2v) is 2.98. The van der Waals surface area contributed by atoms with Crippen molar-refractivity contribution < 1.29 is 57.9 Å². The fourth-order valence-corrected chi connectivity index (χ4v) is 1.04. The monoisotopic (exact) mass is 203 g/mol. The van der Waals surface area contributed by atoms with Gasteiger partial charge in [-0.3, -0.25) is 0 Å². The van der Waals surface area contributed by atoms with Crippen LogP contribution in [0.2, 0.25) is 0 Å². The van der Waals surface area contributed by atoms with E-state index in [-0.39, 0.29) is 59.4 Å². The minimum Gasteiger partial charge on any atom is -1.00 e. The molecule has 0 aliphatic heterocycles. The molecule has 0 rings (SSSR count). The predicted octanol–water partition coefficient (Wildman–Crippen LogP) is -2.15. The largest absolute Gasteiger partial charge is 1.00 e. The molecule has 5 heteroatoms. The molecule has 0 aliphatic rings. The quantitative estimate of drug-likeness (QED) is 0.405. The molecule has 0 aliphatic carbocycles. The van der Waals surface area contributed by atoms with Gasteiger partial charge < -0.3 is 11.8 Å². The molecule has 0 unspecified atom stereocenters. The van der Waals surface area contributed by atoms with Crippen LogP contribution in [0.25, 0.3) is 0 Å². The van der Waals surface area contributed by atoms with Gasteiger partial charge in [-0.2, -0.15) is 0 Å². The number of hydrogen-bond acceptors (Lipinski definition) is 3. The molecule has 10 heavy (non-hydrogen) atoms. The standard InChI is InChI=1S/C5H9NOS2.K.H/c1-2-6-5(8)9-4-3-7;;/h2,7H,1,3-4H2,(H,6,8);;/q;+1;-1. The van der Waals surface area contributed by atoms with Crippen molar-refractivity contribution in [3.05, 3.63) is 12.8 Å². The van der Waals surface area contributed by atoms with Gasteiger partial charge in [0.05, 0.1) is 6.61 Å². The second kappa shape index (κ2) is 10.6. The van der Waals surface area contributed by atoms with Gasteiger partial charge in [-0.25, -0.2) is 0 Å². The van der Waals surface area contributed by atoms with E-state index >= 15 is 0 Å². The van der Waals surface area contributed by atoms with Crippen LogP contribution in [0.15, 0.2) is 12.8 Å². The first-order valence-corrected chi connectivity index (χ1v) is 3.85. The molecule has 0 fully saturated rings. The first kappa shape index (κ1) is 14.1. The van der Waals surface area contributed by atoms with Gasteiger partial charge in [-0.15, -0.1) is 0 Å². The third-order valence-corrected chi connectivity index (χ3v) is 1.78. The molecule has 0 heterocycles. The summed E-state index contributed by atoms with van der Waals surface area (Å²) in [4.78, 5) is 0. The third-order valence-electron chi connectivity index (χ3n) is 0.544. The fourth-order valence-electron chi connectivity index (χ4n) is 0.263. The van der Waals surface area contributed by atoms with Crippen molar-refractivity contribution in [1.29, 1.82) is 0 Å². The van der Waals surface area contributed by atoms with Crippen LogP contribution in [0.1, 0.15) is 1.43 Å². The van der Waals surface area contributed by atoms with Crippen molar-refractivity contribution in [2.45, 2.75) is 0 Å². The van der Waals surface area contributed by atoms with Crippen LogP contribution in [0, 0.1) is 0 Å². The van der Waals surface area contributed by atoms with Gasteiger partial charge in [0.15, 0.2) is 0 Å². The maximum absolute atomic E-state index is 8.35. The van der Waals surface area contributed by atoms with Crippen LogP contribution in [-0.2, 0) is 0 Å². The van der Waals surface area contributed by atoms with Crippen molar-refractivity contribution >= 4 is 28.3 Å². The van der Waals surface area contributed by atoms with E-state index in [0.29, 0.717) is 10.1 Å². The molecule has 0 bridgehead atoms. The molecule has 0 radical (unpaired) electrons. The molecule has 0 spiro atoms. The number of hydrogen-bond donors (Lipinski definition) is 2. The Hall–Kier alpha value is 1.58.